The number of hydrogen-bond donors (Lipinski definition) is 0. The number of carbonyl (C=O) groups excluding carboxylic acids is 3. The second kappa shape index (κ2) is 5.38. The first kappa shape index (κ1) is 14.1. The van der Waals surface area contributed by atoms with Crippen LogP contribution in [0.3, 0.4) is 0 Å². The Morgan fingerprint density at radius 1 is 1.63 bits per heavy atom. The molecular weight excluding hydrogens is 338 g/mol. The highest BCUT2D eigenvalue weighted by molar-refractivity contribution is 9.11. The third kappa shape index (κ3) is 2.42. The number of esters is 1. The van der Waals surface area contributed by atoms with E-state index < -0.39 is 11.9 Å². The Bertz CT molecular complexity index is 527. The summed E-state index contributed by atoms with van der Waals surface area (Å²) in [5, 5.41) is 10.9. The predicted octanol–water partition coefficient (Wildman–Crippen LogP) is -0.253. The number of nitrogens with zero attached hydrogens (tertiary/aromatic N) is 1. The molecular formula is C11H9BrNO5S-. The van der Waals surface area contributed by atoms with Gasteiger partial charge in [0.1, 0.15) is 12.0 Å². The molecule has 0 N–H and O–H groups in total. The van der Waals surface area contributed by atoms with Crippen LogP contribution in [0, 0.1) is 0 Å². The van der Waals surface area contributed by atoms with Crippen molar-refractivity contribution in [1.29, 1.82) is 0 Å². The van der Waals surface area contributed by atoms with Crippen molar-refractivity contribution in [1.82, 2.24) is 4.90 Å². The SMILES string of the molecule is CC(=O)OCC1=C(C(=O)[O-])N2C(=O)/C(=C\Br)[C@H]2SC1. The van der Waals surface area contributed by atoms with Crippen molar-refractivity contribution < 1.29 is 24.2 Å². The van der Waals surface area contributed by atoms with Gasteiger partial charge in [-0.05, 0) is 4.99 Å². The summed E-state index contributed by atoms with van der Waals surface area (Å²) in [7, 11) is 0. The van der Waals surface area contributed by atoms with E-state index in [1.165, 1.54) is 23.7 Å². The number of halogens is 1. The van der Waals surface area contributed by atoms with Crippen LogP contribution in [0.1, 0.15) is 6.92 Å². The monoisotopic (exact) mass is 346 g/mol. The number of aliphatic carboxylic acids is 1. The summed E-state index contributed by atoms with van der Waals surface area (Å²) in [6.07, 6.45) is 0. The maximum atomic E-state index is 11.8. The van der Waals surface area contributed by atoms with Gasteiger partial charge in [-0.25, -0.2) is 0 Å². The lowest BCUT2D eigenvalue weighted by Gasteiger charge is -2.47. The topological polar surface area (TPSA) is 86.7 Å². The molecule has 2 aliphatic rings. The van der Waals surface area contributed by atoms with E-state index in [2.05, 4.69) is 15.9 Å². The highest BCUT2D eigenvalue weighted by atomic mass is 79.9. The minimum absolute atomic E-state index is 0.143. The molecule has 0 unspecified atom stereocenters. The van der Waals surface area contributed by atoms with Gasteiger partial charge >= 0.3 is 5.97 Å². The van der Waals surface area contributed by atoms with Crippen LogP contribution < -0.4 is 5.11 Å². The molecule has 0 aromatic carbocycles. The summed E-state index contributed by atoms with van der Waals surface area (Å²) in [6, 6.07) is 0. The van der Waals surface area contributed by atoms with Crippen molar-refractivity contribution in [2.75, 3.05) is 12.4 Å². The van der Waals surface area contributed by atoms with Crippen LogP contribution >= 0.6 is 27.7 Å². The van der Waals surface area contributed by atoms with Crippen molar-refractivity contribution in [2.24, 2.45) is 0 Å². The molecule has 0 radical (unpaired) electrons. The second-order valence-corrected chi connectivity index (χ2v) is 5.45. The highest BCUT2D eigenvalue weighted by Crippen LogP contribution is 2.43. The van der Waals surface area contributed by atoms with Gasteiger partial charge in [0.05, 0.1) is 17.2 Å². The summed E-state index contributed by atoms with van der Waals surface area (Å²) in [4.78, 5) is 36.4. The van der Waals surface area contributed by atoms with Crippen LogP contribution in [0.5, 0.6) is 0 Å². The molecule has 19 heavy (non-hydrogen) atoms. The number of hydrogen-bond acceptors (Lipinski definition) is 6. The minimum Gasteiger partial charge on any atom is -0.543 e. The van der Waals surface area contributed by atoms with E-state index in [1.54, 1.807) is 0 Å². The molecule has 1 amide bonds. The zero-order valence-corrected chi connectivity index (χ0v) is 12.2. The normalized spacial score (nSPS) is 24.1. The maximum Gasteiger partial charge on any atom is 0.302 e. The van der Waals surface area contributed by atoms with Gasteiger partial charge in [-0.3, -0.25) is 14.5 Å². The van der Waals surface area contributed by atoms with E-state index >= 15 is 0 Å². The van der Waals surface area contributed by atoms with Crippen LogP contribution in [0.4, 0.5) is 0 Å². The van der Waals surface area contributed by atoms with Crippen LogP contribution in [0.2, 0.25) is 0 Å². The molecule has 1 atom stereocenters. The summed E-state index contributed by atoms with van der Waals surface area (Å²) in [6.45, 7) is 1.09. The first-order chi connectivity index (χ1) is 8.97. The van der Waals surface area contributed by atoms with Crippen LogP contribution in [-0.2, 0) is 19.1 Å². The molecule has 2 aliphatic heterocycles. The standard InChI is InChI=1S/C11H10BrNO5S/c1-5(14)18-3-6-4-19-10-7(2-12)9(15)13(10)8(6)11(16)17/h2,10H,3-4H2,1H3,(H,16,17)/p-1/b7-2+/t10-/m1/s1. The van der Waals surface area contributed by atoms with Gasteiger partial charge in [0.15, 0.2) is 0 Å². The van der Waals surface area contributed by atoms with Crippen LogP contribution in [0.25, 0.3) is 0 Å². The Kier molecular flexibility index (Phi) is 4.00. The molecule has 0 saturated carbocycles. The summed E-state index contributed by atoms with van der Waals surface area (Å²) < 4.78 is 4.79. The third-order valence-corrected chi connectivity index (χ3v) is 4.51. The van der Waals surface area contributed by atoms with Gasteiger partial charge in [-0.15, -0.1) is 11.8 Å². The number of carboxylic acids is 1. The first-order valence-electron chi connectivity index (χ1n) is 5.29. The summed E-state index contributed by atoms with van der Waals surface area (Å²) in [5.41, 5.74) is 0.696. The lowest BCUT2D eigenvalue weighted by Crippen LogP contribution is -2.58. The number of carboxylic acid groups (broad SMARTS) is 1. The lowest BCUT2D eigenvalue weighted by molar-refractivity contribution is -0.301. The number of thioether (sulfide) groups is 1. The first-order valence-corrected chi connectivity index (χ1v) is 7.26. The summed E-state index contributed by atoms with van der Waals surface area (Å²) in [5.74, 6) is -1.95. The largest absolute Gasteiger partial charge is 0.543 e. The van der Waals surface area contributed by atoms with Crippen LogP contribution in [0.15, 0.2) is 21.8 Å². The zero-order valence-electron chi connectivity index (χ0n) is 9.84. The molecule has 102 valence electrons. The Hall–Kier alpha value is -1.28. The number of fused-ring (bicyclic) bond motifs is 1. The number of β-lactam (4-membered cyclic amide) rings is 1. The van der Waals surface area contributed by atoms with Gasteiger partial charge in [0, 0.05) is 18.2 Å². The van der Waals surface area contributed by atoms with E-state index in [-0.39, 0.29) is 23.6 Å². The van der Waals surface area contributed by atoms with Crippen molar-refractivity contribution in [3.05, 3.63) is 21.8 Å². The van der Waals surface area contributed by atoms with E-state index in [0.29, 0.717) is 16.9 Å². The fourth-order valence-corrected chi connectivity index (χ4v) is 3.77. The van der Waals surface area contributed by atoms with Gasteiger partial charge in [0.2, 0.25) is 0 Å². The second-order valence-electron chi connectivity index (χ2n) is 3.92. The van der Waals surface area contributed by atoms with E-state index in [9.17, 15) is 19.5 Å². The van der Waals surface area contributed by atoms with E-state index in [1.807, 2.05) is 0 Å². The molecule has 0 aliphatic carbocycles. The van der Waals surface area contributed by atoms with E-state index in [4.69, 9.17) is 4.74 Å². The fourth-order valence-electron chi connectivity index (χ4n) is 1.87. The average molecular weight is 347 g/mol. The quantitative estimate of drug-likeness (QED) is 0.397. The number of ether oxygens (including phenoxy) is 1. The Morgan fingerprint density at radius 3 is 2.84 bits per heavy atom. The summed E-state index contributed by atoms with van der Waals surface area (Å²) >= 11 is 4.48. The fraction of sp³-hybridized carbons (Fsp3) is 0.364. The van der Waals surface area contributed by atoms with Gasteiger partial charge in [-0.1, -0.05) is 15.9 Å². The van der Waals surface area contributed by atoms with Crippen LogP contribution in [-0.4, -0.2) is 40.5 Å². The Morgan fingerprint density at radius 2 is 2.32 bits per heavy atom. The van der Waals surface area contributed by atoms with Crippen molar-refractivity contribution >= 4 is 45.5 Å². The van der Waals surface area contributed by atoms with Gasteiger partial charge in [0.25, 0.3) is 5.91 Å². The molecule has 0 spiro atoms. The Labute approximate surface area is 121 Å². The smallest absolute Gasteiger partial charge is 0.302 e. The maximum absolute atomic E-state index is 11.8. The molecule has 0 bridgehead atoms. The minimum atomic E-state index is -1.44. The third-order valence-electron chi connectivity index (χ3n) is 2.72. The highest BCUT2D eigenvalue weighted by Gasteiger charge is 2.47. The average Bonchev–Trinajstić information content (AvgIpc) is 2.35. The van der Waals surface area contributed by atoms with Gasteiger partial charge in [-0.2, -0.15) is 0 Å². The van der Waals surface area contributed by atoms with E-state index in [0.717, 1.165) is 4.90 Å². The lowest BCUT2D eigenvalue weighted by atomic mass is 10.0. The molecule has 8 heteroatoms. The zero-order chi connectivity index (χ0) is 14.2. The molecule has 1 saturated heterocycles. The molecule has 1 fully saturated rings. The predicted molar refractivity (Wildman–Crippen MR) is 68.8 cm³/mol. The van der Waals surface area contributed by atoms with Gasteiger partial charge < -0.3 is 14.6 Å². The molecule has 0 aromatic heterocycles. The number of carbonyl (C=O) groups is 3. The number of rotatable bonds is 3. The molecule has 6 nitrogen and oxygen atoms in total. The van der Waals surface area contributed by atoms with Crippen molar-refractivity contribution in [3.63, 3.8) is 0 Å². The van der Waals surface area contributed by atoms with Crippen molar-refractivity contribution in [3.8, 4) is 0 Å². The molecule has 2 rings (SSSR count). The Balaban J connectivity index is 2.30. The molecule has 2 heterocycles. The van der Waals surface area contributed by atoms with Crippen molar-refractivity contribution in [2.45, 2.75) is 12.3 Å². The molecule has 0 aromatic rings. The number of amides is 1.